The van der Waals surface area contributed by atoms with Crippen molar-refractivity contribution in [2.75, 3.05) is 4.72 Å². The van der Waals surface area contributed by atoms with Crippen LogP contribution < -0.4 is 10.1 Å². The topological polar surface area (TPSA) is 87.6 Å². The second-order valence-corrected chi connectivity index (χ2v) is 7.87. The Bertz CT molecular complexity index is 1080. The molecular formula is C20H16ClN3O3S. The van der Waals surface area contributed by atoms with Crippen molar-refractivity contribution >= 4 is 39.4 Å². The molecule has 0 aliphatic rings. The number of benzene rings is 3. The van der Waals surface area contributed by atoms with Gasteiger partial charge in [-0.1, -0.05) is 41.9 Å². The second kappa shape index (κ2) is 8.69. The number of nitrogens with one attached hydrogen (secondary N) is 2. The summed E-state index contributed by atoms with van der Waals surface area (Å²) in [6.45, 7) is 0. The molecule has 28 heavy (non-hydrogen) atoms. The zero-order valence-electron chi connectivity index (χ0n) is 14.5. The number of carbonyl (C=O) groups excluding carboxylic acids is 1. The number of carbonyl (C=O) groups is 1. The molecule has 0 heterocycles. The third kappa shape index (κ3) is 5.18. The number of nitrogens with zero attached hydrogens (tertiary/aromatic N) is 1. The van der Waals surface area contributed by atoms with Gasteiger partial charge in [-0.05, 0) is 54.1 Å². The van der Waals surface area contributed by atoms with E-state index in [1.54, 1.807) is 0 Å². The van der Waals surface area contributed by atoms with Crippen LogP contribution in [0.25, 0.3) is 0 Å². The van der Waals surface area contributed by atoms with E-state index in [-0.39, 0.29) is 4.90 Å². The molecule has 0 bridgehead atoms. The lowest BCUT2D eigenvalue weighted by Gasteiger charge is -2.08. The molecule has 0 aliphatic carbocycles. The fraction of sp³-hybridized carbons (Fsp3) is 0. The number of amides is 1. The van der Waals surface area contributed by atoms with Crippen LogP contribution in [0.3, 0.4) is 0 Å². The van der Waals surface area contributed by atoms with Gasteiger partial charge in [-0.15, -0.1) is 0 Å². The summed E-state index contributed by atoms with van der Waals surface area (Å²) in [5, 5.41) is 4.35. The van der Waals surface area contributed by atoms with Crippen LogP contribution in [0.15, 0.2) is 88.9 Å². The van der Waals surface area contributed by atoms with Gasteiger partial charge in [0.15, 0.2) is 0 Å². The van der Waals surface area contributed by atoms with Gasteiger partial charge >= 0.3 is 0 Å². The fourth-order valence-corrected chi connectivity index (χ4v) is 3.47. The minimum absolute atomic E-state index is 0.0916. The van der Waals surface area contributed by atoms with Gasteiger partial charge in [0, 0.05) is 16.3 Å². The van der Waals surface area contributed by atoms with E-state index in [1.807, 2.05) is 30.3 Å². The van der Waals surface area contributed by atoms with Crippen molar-refractivity contribution in [3.05, 3.63) is 95.0 Å². The largest absolute Gasteiger partial charge is 0.280 e. The van der Waals surface area contributed by atoms with Crippen molar-refractivity contribution in [2.24, 2.45) is 5.10 Å². The van der Waals surface area contributed by atoms with Crippen LogP contribution in [0.2, 0.25) is 5.02 Å². The summed E-state index contributed by atoms with van der Waals surface area (Å²) in [5.41, 5.74) is 3.96. The smallest absolute Gasteiger partial charge is 0.271 e. The lowest BCUT2D eigenvalue weighted by molar-refractivity contribution is 0.0955. The highest BCUT2D eigenvalue weighted by Gasteiger charge is 2.14. The maximum atomic E-state index is 12.4. The van der Waals surface area contributed by atoms with Crippen LogP contribution in [-0.2, 0) is 10.0 Å². The highest BCUT2D eigenvalue weighted by Crippen LogP contribution is 2.18. The maximum absolute atomic E-state index is 12.4. The van der Waals surface area contributed by atoms with Gasteiger partial charge in [-0.2, -0.15) is 5.10 Å². The Hall–Kier alpha value is -3.16. The molecular weight excluding hydrogens is 398 g/mol. The van der Waals surface area contributed by atoms with E-state index >= 15 is 0 Å². The molecule has 0 aliphatic heterocycles. The van der Waals surface area contributed by atoms with Gasteiger partial charge in [0.05, 0.1) is 11.1 Å². The van der Waals surface area contributed by atoms with Crippen LogP contribution in [0, 0.1) is 0 Å². The van der Waals surface area contributed by atoms with Gasteiger partial charge in [-0.3, -0.25) is 9.52 Å². The molecule has 6 nitrogen and oxygen atoms in total. The molecule has 0 atom stereocenters. The number of hydrogen-bond acceptors (Lipinski definition) is 4. The third-order valence-electron chi connectivity index (χ3n) is 3.70. The summed E-state index contributed by atoms with van der Waals surface area (Å²) in [7, 11) is -3.74. The first-order valence-corrected chi connectivity index (χ1v) is 10.1. The van der Waals surface area contributed by atoms with E-state index < -0.39 is 15.9 Å². The molecule has 3 rings (SSSR count). The number of hydrogen-bond donors (Lipinski definition) is 2. The molecule has 3 aromatic carbocycles. The van der Waals surface area contributed by atoms with Crippen molar-refractivity contribution in [1.29, 1.82) is 0 Å². The minimum Gasteiger partial charge on any atom is -0.280 e. The monoisotopic (exact) mass is 413 g/mol. The van der Waals surface area contributed by atoms with Crippen molar-refractivity contribution in [2.45, 2.75) is 4.90 Å². The van der Waals surface area contributed by atoms with Gasteiger partial charge < -0.3 is 0 Å². The Kier molecular flexibility index (Phi) is 6.08. The molecule has 0 saturated heterocycles. The molecule has 0 unspecified atom stereocenters. The van der Waals surface area contributed by atoms with Gasteiger partial charge in [-0.25, -0.2) is 13.8 Å². The Morgan fingerprint density at radius 3 is 2.18 bits per heavy atom. The summed E-state index contributed by atoms with van der Waals surface area (Å²) in [4.78, 5) is 12.2. The Labute approximate surface area is 167 Å². The van der Waals surface area contributed by atoms with Gasteiger partial charge in [0.2, 0.25) is 0 Å². The lowest BCUT2D eigenvalue weighted by Crippen LogP contribution is -2.18. The first-order chi connectivity index (χ1) is 13.4. The van der Waals surface area contributed by atoms with Crippen LogP contribution >= 0.6 is 11.6 Å². The first kappa shape index (κ1) is 19.6. The van der Waals surface area contributed by atoms with Crippen molar-refractivity contribution in [3.63, 3.8) is 0 Å². The van der Waals surface area contributed by atoms with E-state index in [2.05, 4.69) is 15.2 Å². The molecule has 3 aromatic rings. The summed E-state index contributed by atoms with van der Waals surface area (Å²) >= 11 is 5.78. The number of halogens is 1. The van der Waals surface area contributed by atoms with Crippen molar-refractivity contribution in [1.82, 2.24) is 5.43 Å². The second-order valence-electron chi connectivity index (χ2n) is 5.75. The zero-order valence-corrected chi connectivity index (χ0v) is 16.1. The predicted octanol–water partition coefficient (Wildman–Crippen LogP) is 3.90. The molecule has 2 N–H and O–H groups in total. The van der Waals surface area contributed by atoms with Crippen LogP contribution in [0.4, 0.5) is 5.69 Å². The molecule has 0 spiro atoms. The molecule has 0 aromatic heterocycles. The van der Waals surface area contributed by atoms with E-state index in [1.165, 1.54) is 54.7 Å². The standard InChI is InChI=1S/C20H16ClN3O3S/c21-17-8-12-19(13-9-17)28(26,27)24-18-10-6-16(7-11-18)20(25)23-22-14-15-4-2-1-3-5-15/h1-14,24H,(H,23,25)/b22-14+. The Morgan fingerprint density at radius 1 is 0.893 bits per heavy atom. The first-order valence-electron chi connectivity index (χ1n) is 8.21. The normalized spacial score (nSPS) is 11.3. The quantitative estimate of drug-likeness (QED) is 0.474. The van der Waals surface area contributed by atoms with Gasteiger partial charge in [0.25, 0.3) is 15.9 Å². The summed E-state index contributed by atoms with van der Waals surface area (Å²) in [6.07, 6.45) is 1.53. The van der Waals surface area contributed by atoms with E-state index in [9.17, 15) is 13.2 Å². The minimum atomic E-state index is -3.74. The molecule has 0 fully saturated rings. The zero-order chi connectivity index (χ0) is 20.0. The highest BCUT2D eigenvalue weighted by molar-refractivity contribution is 7.92. The Balaban J connectivity index is 1.63. The Morgan fingerprint density at radius 2 is 1.54 bits per heavy atom. The summed E-state index contributed by atoms with van der Waals surface area (Å²) in [6, 6.07) is 21.2. The average molecular weight is 414 g/mol. The maximum Gasteiger partial charge on any atom is 0.271 e. The molecule has 8 heteroatoms. The molecule has 1 amide bonds. The summed E-state index contributed by atoms with van der Waals surface area (Å²) < 4.78 is 27.2. The van der Waals surface area contributed by atoms with Gasteiger partial charge in [0.1, 0.15) is 0 Å². The highest BCUT2D eigenvalue weighted by atomic mass is 35.5. The SMILES string of the molecule is O=C(N/N=C/c1ccccc1)c1ccc(NS(=O)(=O)c2ccc(Cl)cc2)cc1. The van der Waals surface area contributed by atoms with E-state index in [4.69, 9.17) is 11.6 Å². The van der Waals surface area contributed by atoms with Crippen LogP contribution in [-0.4, -0.2) is 20.5 Å². The number of anilines is 1. The summed E-state index contributed by atoms with van der Waals surface area (Å²) in [5.74, 6) is -0.403. The average Bonchev–Trinajstić information content (AvgIpc) is 2.69. The third-order valence-corrected chi connectivity index (χ3v) is 5.35. The van der Waals surface area contributed by atoms with E-state index in [0.717, 1.165) is 5.56 Å². The van der Waals surface area contributed by atoms with Crippen LogP contribution in [0.5, 0.6) is 0 Å². The number of sulfonamides is 1. The lowest BCUT2D eigenvalue weighted by atomic mass is 10.2. The predicted molar refractivity (Wildman–Crippen MR) is 110 cm³/mol. The van der Waals surface area contributed by atoms with Crippen molar-refractivity contribution in [3.8, 4) is 0 Å². The number of hydrazone groups is 1. The molecule has 142 valence electrons. The van der Waals surface area contributed by atoms with E-state index in [0.29, 0.717) is 16.3 Å². The fourth-order valence-electron chi connectivity index (χ4n) is 2.29. The molecule has 0 saturated carbocycles. The van der Waals surface area contributed by atoms with Crippen LogP contribution in [0.1, 0.15) is 15.9 Å². The number of rotatable bonds is 6. The molecule has 0 radical (unpaired) electrons. The van der Waals surface area contributed by atoms with Crippen molar-refractivity contribution < 1.29 is 13.2 Å².